The van der Waals surface area contributed by atoms with Crippen molar-refractivity contribution in [1.29, 1.82) is 0 Å². The SMILES string of the molecule is Cc1c2c(cc3ccoc13)Oc1cccc3cc[n+](C)c-2c13. The van der Waals surface area contributed by atoms with Crippen molar-refractivity contribution >= 4 is 21.7 Å². The first-order chi connectivity index (χ1) is 10.7. The largest absolute Gasteiger partial charge is 0.464 e. The van der Waals surface area contributed by atoms with Gasteiger partial charge in [-0.15, -0.1) is 0 Å². The van der Waals surface area contributed by atoms with Crippen LogP contribution in [0.2, 0.25) is 0 Å². The van der Waals surface area contributed by atoms with Crippen molar-refractivity contribution in [2.45, 2.75) is 6.92 Å². The predicted octanol–water partition coefficient (Wildman–Crippen LogP) is 4.49. The second-order valence-corrected chi connectivity index (χ2v) is 5.81. The van der Waals surface area contributed by atoms with Crippen LogP contribution in [-0.4, -0.2) is 0 Å². The van der Waals surface area contributed by atoms with Crippen LogP contribution in [0.25, 0.3) is 33.0 Å². The summed E-state index contributed by atoms with van der Waals surface area (Å²) in [6, 6.07) is 12.4. The Labute approximate surface area is 127 Å². The molecule has 0 aliphatic carbocycles. The molecule has 2 aromatic heterocycles. The fourth-order valence-corrected chi connectivity index (χ4v) is 3.51. The highest BCUT2D eigenvalue weighted by Crippen LogP contribution is 2.47. The monoisotopic (exact) mass is 288 g/mol. The quantitative estimate of drug-likeness (QED) is 0.392. The van der Waals surface area contributed by atoms with E-state index in [1.807, 2.05) is 18.2 Å². The maximum atomic E-state index is 6.21. The van der Waals surface area contributed by atoms with Crippen molar-refractivity contribution in [3.63, 3.8) is 0 Å². The molecule has 4 aromatic rings. The van der Waals surface area contributed by atoms with Gasteiger partial charge in [0.1, 0.15) is 24.1 Å². The number of aromatic nitrogens is 1. The number of fused-ring (bicyclic) bond motifs is 3. The average Bonchev–Trinajstić information content (AvgIpc) is 2.99. The Morgan fingerprint density at radius 1 is 1.00 bits per heavy atom. The first kappa shape index (κ1) is 11.8. The summed E-state index contributed by atoms with van der Waals surface area (Å²) in [5.41, 5.74) is 4.35. The molecule has 5 rings (SSSR count). The van der Waals surface area contributed by atoms with Crippen LogP contribution in [0, 0.1) is 6.92 Å². The molecule has 2 aromatic carbocycles. The summed E-state index contributed by atoms with van der Waals surface area (Å²) in [7, 11) is 2.08. The summed E-state index contributed by atoms with van der Waals surface area (Å²) in [6.45, 7) is 2.10. The third-order valence-electron chi connectivity index (χ3n) is 4.53. The Bertz CT molecular complexity index is 1080. The number of hydrogen-bond acceptors (Lipinski definition) is 2. The van der Waals surface area contributed by atoms with Crippen LogP contribution in [0.5, 0.6) is 11.5 Å². The van der Waals surface area contributed by atoms with Crippen molar-refractivity contribution in [1.82, 2.24) is 0 Å². The topological polar surface area (TPSA) is 26.2 Å². The third kappa shape index (κ3) is 1.33. The summed E-state index contributed by atoms with van der Waals surface area (Å²) in [5.74, 6) is 1.81. The molecule has 106 valence electrons. The summed E-state index contributed by atoms with van der Waals surface area (Å²) < 4.78 is 14.0. The minimum atomic E-state index is 0.896. The van der Waals surface area contributed by atoms with Gasteiger partial charge in [-0.1, -0.05) is 12.1 Å². The van der Waals surface area contributed by atoms with Gasteiger partial charge in [-0.2, -0.15) is 0 Å². The molecule has 0 N–H and O–H groups in total. The van der Waals surface area contributed by atoms with Gasteiger partial charge in [0.25, 0.3) is 0 Å². The minimum Gasteiger partial charge on any atom is -0.464 e. The van der Waals surface area contributed by atoms with Gasteiger partial charge in [-0.25, -0.2) is 4.57 Å². The second-order valence-electron chi connectivity index (χ2n) is 5.81. The smallest absolute Gasteiger partial charge is 0.228 e. The molecule has 0 bridgehead atoms. The molecule has 0 spiro atoms. The van der Waals surface area contributed by atoms with Gasteiger partial charge in [-0.3, -0.25) is 0 Å². The molecule has 3 heterocycles. The molecule has 3 heteroatoms. The van der Waals surface area contributed by atoms with Gasteiger partial charge >= 0.3 is 0 Å². The molecule has 0 saturated heterocycles. The van der Waals surface area contributed by atoms with E-state index < -0.39 is 0 Å². The number of rotatable bonds is 0. The zero-order valence-corrected chi connectivity index (χ0v) is 12.4. The van der Waals surface area contributed by atoms with E-state index in [1.165, 1.54) is 11.1 Å². The number of furan rings is 1. The lowest BCUT2D eigenvalue weighted by atomic mass is 9.95. The van der Waals surface area contributed by atoms with Crippen LogP contribution in [0.15, 0.2) is 53.3 Å². The highest BCUT2D eigenvalue weighted by atomic mass is 16.5. The van der Waals surface area contributed by atoms with E-state index in [0.29, 0.717) is 0 Å². The molecule has 1 aliphatic heterocycles. The minimum absolute atomic E-state index is 0.896. The summed E-state index contributed by atoms with van der Waals surface area (Å²) in [4.78, 5) is 0. The molecular weight excluding hydrogens is 274 g/mol. The van der Waals surface area contributed by atoms with E-state index >= 15 is 0 Å². The second kappa shape index (κ2) is 3.89. The van der Waals surface area contributed by atoms with Crippen molar-refractivity contribution in [2.24, 2.45) is 7.05 Å². The van der Waals surface area contributed by atoms with Crippen molar-refractivity contribution < 1.29 is 13.7 Å². The van der Waals surface area contributed by atoms with Gasteiger partial charge in [0.2, 0.25) is 5.69 Å². The van der Waals surface area contributed by atoms with Crippen LogP contribution < -0.4 is 9.30 Å². The molecule has 0 amide bonds. The lowest BCUT2D eigenvalue weighted by molar-refractivity contribution is -0.659. The molecule has 3 nitrogen and oxygen atoms in total. The molecule has 0 saturated carbocycles. The number of hydrogen-bond donors (Lipinski definition) is 0. The molecule has 0 atom stereocenters. The maximum absolute atomic E-state index is 6.21. The number of aryl methyl sites for hydroxylation is 2. The number of pyridine rings is 1. The van der Waals surface area contributed by atoms with Gasteiger partial charge < -0.3 is 9.15 Å². The Morgan fingerprint density at radius 2 is 1.91 bits per heavy atom. The Hall–Kier alpha value is -2.81. The average molecular weight is 288 g/mol. The number of nitrogens with zero attached hydrogens (tertiary/aromatic N) is 1. The van der Waals surface area contributed by atoms with Gasteiger partial charge in [0.05, 0.1) is 17.2 Å². The van der Waals surface area contributed by atoms with Crippen molar-refractivity contribution in [3.8, 4) is 22.8 Å². The molecule has 22 heavy (non-hydrogen) atoms. The fraction of sp³-hybridized carbons (Fsp3) is 0.105. The summed E-state index contributed by atoms with van der Waals surface area (Å²) in [6.07, 6.45) is 3.83. The highest BCUT2D eigenvalue weighted by molar-refractivity contribution is 6.04. The molecule has 1 aliphatic rings. The Morgan fingerprint density at radius 3 is 2.82 bits per heavy atom. The first-order valence-corrected chi connectivity index (χ1v) is 7.34. The van der Waals surface area contributed by atoms with Gasteiger partial charge in [-0.05, 0) is 30.5 Å². The van der Waals surface area contributed by atoms with Crippen LogP contribution in [0.3, 0.4) is 0 Å². The lowest BCUT2D eigenvalue weighted by Gasteiger charge is -2.20. The summed E-state index contributed by atoms with van der Waals surface area (Å²) in [5, 5.41) is 3.43. The van der Waals surface area contributed by atoms with Crippen LogP contribution in [0.4, 0.5) is 0 Å². The molecule has 0 radical (unpaired) electrons. The number of ether oxygens (including phenoxy) is 1. The molecule has 0 fully saturated rings. The molecular formula is C19H14NO2+. The Kier molecular flexibility index (Phi) is 2.09. The van der Waals surface area contributed by atoms with E-state index in [1.54, 1.807) is 6.26 Å². The van der Waals surface area contributed by atoms with E-state index in [0.717, 1.165) is 39.0 Å². The number of benzene rings is 2. The van der Waals surface area contributed by atoms with Gasteiger partial charge in [0.15, 0.2) is 6.20 Å². The maximum Gasteiger partial charge on any atom is 0.228 e. The standard InChI is InChI=1S/C19H14NO2/c1-11-16-15(10-13-7-9-21-19(11)13)22-14-5-3-4-12-6-8-20(2)18(16)17(12)14/h3-10H,1-2H3/q+1. The fourth-order valence-electron chi connectivity index (χ4n) is 3.51. The van der Waals surface area contributed by atoms with Crippen molar-refractivity contribution in [3.05, 3.63) is 54.4 Å². The normalized spacial score (nSPS) is 12.5. The van der Waals surface area contributed by atoms with Crippen LogP contribution in [0.1, 0.15) is 5.56 Å². The zero-order valence-electron chi connectivity index (χ0n) is 12.4. The van der Waals surface area contributed by atoms with E-state index in [2.05, 4.69) is 42.9 Å². The van der Waals surface area contributed by atoms with Crippen molar-refractivity contribution in [2.75, 3.05) is 0 Å². The van der Waals surface area contributed by atoms with Crippen LogP contribution >= 0.6 is 0 Å². The first-order valence-electron chi connectivity index (χ1n) is 7.34. The van der Waals surface area contributed by atoms with Crippen LogP contribution in [-0.2, 0) is 7.05 Å². The van der Waals surface area contributed by atoms with E-state index in [-0.39, 0.29) is 0 Å². The molecule has 0 unspecified atom stereocenters. The lowest BCUT2D eigenvalue weighted by Crippen LogP contribution is -2.31. The summed E-state index contributed by atoms with van der Waals surface area (Å²) >= 11 is 0. The highest BCUT2D eigenvalue weighted by Gasteiger charge is 2.30. The van der Waals surface area contributed by atoms with E-state index in [9.17, 15) is 0 Å². The zero-order chi connectivity index (χ0) is 14.8. The Balaban J connectivity index is 2.04. The predicted molar refractivity (Wildman–Crippen MR) is 85.1 cm³/mol. The van der Waals surface area contributed by atoms with Gasteiger partial charge in [0, 0.05) is 17.0 Å². The van der Waals surface area contributed by atoms with E-state index in [4.69, 9.17) is 9.15 Å². The third-order valence-corrected chi connectivity index (χ3v) is 4.53.